The first kappa shape index (κ1) is 11.2. The highest BCUT2D eigenvalue weighted by Gasteiger charge is 2.24. The Balaban J connectivity index is 2.08. The standard InChI is InChI=1S/C11H18O3/c1-8(2)11(12)14-6-4-9(3)10-5-7-13-10/h9-10H,1,4-7H2,2-3H3. The molecule has 14 heavy (non-hydrogen) atoms. The predicted octanol–water partition coefficient (Wildman–Crippen LogP) is 1.92. The van der Waals surface area contributed by atoms with Gasteiger partial charge < -0.3 is 9.47 Å². The van der Waals surface area contributed by atoms with Crippen LogP contribution < -0.4 is 0 Å². The van der Waals surface area contributed by atoms with Gasteiger partial charge >= 0.3 is 5.97 Å². The Labute approximate surface area is 85.1 Å². The SMILES string of the molecule is C=C(C)C(=O)OCCC(C)C1CCO1. The molecule has 3 heteroatoms. The van der Waals surface area contributed by atoms with Crippen LogP contribution in [-0.4, -0.2) is 25.3 Å². The average Bonchev–Trinajstić information content (AvgIpc) is 2.00. The Bertz CT molecular complexity index is 219. The van der Waals surface area contributed by atoms with Gasteiger partial charge in [0, 0.05) is 12.2 Å². The molecule has 0 amide bonds. The molecular weight excluding hydrogens is 180 g/mol. The van der Waals surface area contributed by atoms with E-state index in [4.69, 9.17) is 9.47 Å². The van der Waals surface area contributed by atoms with Crippen LogP contribution in [-0.2, 0) is 14.3 Å². The molecule has 3 nitrogen and oxygen atoms in total. The molecule has 0 aromatic carbocycles. The molecule has 1 fully saturated rings. The molecule has 0 aromatic heterocycles. The Kier molecular flexibility index (Phi) is 4.14. The maximum absolute atomic E-state index is 11.0. The largest absolute Gasteiger partial charge is 0.462 e. The minimum atomic E-state index is -0.299. The number of hydrogen-bond donors (Lipinski definition) is 0. The predicted molar refractivity (Wildman–Crippen MR) is 53.9 cm³/mol. The van der Waals surface area contributed by atoms with Gasteiger partial charge in [-0.05, 0) is 25.7 Å². The molecule has 1 aliphatic heterocycles. The number of esters is 1. The van der Waals surface area contributed by atoms with Crippen molar-refractivity contribution in [1.82, 2.24) is 0 Å². The first-order chi connectivity index (χ1) is 6.61. The van der Waals surface area contributed by atoms with Gasteiger partial charge in [-0.2, -0.15) is 0 Å². The van der Waals surface area contributed by atoms with Crippen molar-refractivity contribution in [3.63, 3.8) is 0 Å². The lowest BCUT2D eigenvalue weighted by Gasteiger charge is -2.31. The Morgan fingerprint density at radius 3 is 2.79 bits per heavy atom. The van der Waals surface area contributed by atoms with Crippen LogP contribution in [0.4, 0.5) is 0 Å². The van der Waals surface area contributed by atoms with Gasteiger partial charge in [0.05, 0.1) is 12.7 Å². The zero-order chi connectivity index (χ0) is 10.6. The lowest BCUT2D eigenvalue weighted by molar-refractivity contribution is -0.140. The van der Waals surface area contributed by atoms with Crippen molar-refractivity contribution < 1.29 is 14.3 Å². The molecule has 0 bridgehead atoms. The van der Waals surface area contributed by atoms with E-state index in [9.17, 15) is 4.79 Å². The van der Waals surface area contributed by atoms with Crippen LogP contribution >= 0.6 is 0 Å². The van der Waals surface area contributed by atoms with Gasteiger partial charge in [0.15, 0.2) is 0 Å². The van der Waals surface area contributed by atoms with E-state index in [0.29, 0.717) is 24.2 Å². The van der Waals surface area contributed by atoms with Crippen LogP contribution in [0.1, 0.15) is 26.7 Å². The van der Waals surface area contributed by atoms with Crippen LogP contribution in [0, 0.1) is 5.92 Å². The zero-order valence-corrected chi connectivity index (χ0v) is 8.91. The van der Waals surface area contributed by atoms with Crippen molar-refractivity contribution in [2.45, 2.75) is 32.8 Å². The summed E-state index contributed by atoms with van der Waals surface area (Å²) in [7, 11) is 0. The van der Waals surface area contributed by atoms with Gasteiger partial charge in [-0.25, -0.2) is 4.79 Å². The fourth-order valence-electron chi connectivity index (χ4n) is 1.35. The number of hydrogen-bond acceptors (Lipinski definition) is 3. The summed E-state index contributed by atoms with van der Waals surface area (Å²) in [6, 6.07) is 0. The van der Waals surface area contributed by atoms with Crippen LogP contribution in [0.25, 0.3) is 0 Å². The van der Waals surface area contributed by atoms with E-state index in [-0.39, 0.29) is 5.97 Å². The lowest BCUT2D eigenvalue weighted by atomic mass is 9.96. The van der Waals surface area contributed by atoms with Crippen LogP contribution in [0.3, 0.4) is 0 Å². The first-order valence-electron chi connectivity index (χ1n) is 5.05. The molecule has 1 rings (SSSR count). The Morgan fingerprint density at radius 1 is 1.71 bits per heavy atom. The van der Waals surface area contributed by atoms with Crippen molar-refractivity contribution >= 4 is 5.97 Å². The third kappa shape index (κ3) is 3.14. The number of carbonyl (C=O) groups is 1. The van der Waals surface area contributed by atoms with E-state index in [0.717, 1.165) is 19.4 Å². The smallest absolute Gasteiger partial charge is 0.333 e. The van der Waals surface area contributed by atoms with E-state index in [1.54, 1.807) is 6.92 Å². The fourth-order valence-corrected chi connectivity index (χ4v) is 1.35. The second kappa shape index (κ2) is 5.15. The topological polar surface area (TPSA) is 35.5 Å². The fraction of sp³-hybridized carbons (Fsp3) is 0.727. The van der Waals surface area contributed by atoms with Crippen molar-refractivity contribution in [2.75, 3.05) is 13.2 Å². The summed E-state index contributed by atoms with van der Waals surface area (Å²) in [5, 5.41) is 0. The Hall–Kier alpha value is -0.830. The van der Waals surface area contributed by atoms with E-state index in [2.05, 4.69) is 13.5 Å². The molecule has 0 aromatic rings. The molecule has 0 radical (unpaired) electrons. The highest BCUT2D eigenvalue weighted by molar-refractivity contribution is 5.86. The third-order valence-corrected chi connectivity index (χ3v) is 2.52. The van der Waals surface area contributed by atoms with Crippen molar-refractivity contribution in [1.29, 1.82) is 0 Å². The van der Waals surface area contributed by atoms with Crippen molar-refractivity contribution in [2.24, 2.45) is 5.92 Å². The lowest BCUT2D eigenvalue weighted by Crippen LogP contribution is -2.33. The monoisotopic (exact) mass is 198 g/mol. The molecule has 1 aliphatic rings. The highest BCUT2D eigenvalue weighted by atomic mass is 16.5. The molecule has 80 valence electrons. The third-order valence-electron chi connectivity index (χ3n) is 2.52. The average molecular weight is 198 g/mol. The molecule has 0 saturated carbocycles. The molecular formula is C11H18O3. The minimum Gasteiger partial charge on any atom is -0.462 e. The van der Waals surface area contributed by atoms with Gasteiger partial charge in [0.2, 0.25) is 0 Å². The second-order valence-electron chi connectivity index (χ2n) is 3.88. The summed E-state index contributed by atoms with van der Waals surface area (Å²) in [6.45, 7) is 8.63. The maximum atomic E-state index is 11.0. The van der Waals surface area contributed by atoms with E-state index < -0.39 is 0 Å². The van der Waals surface area contributed by atoms with E-state index in [1.165, 1.54) is 0 Å². The van der Waals surface area contributed by atoms with Gasteiger partial charge in [-0.15, -0.1) is 0 Å². The van der Waals surface area contributed by atoms with Crippen LogP contribution in [0.15, 0.2) is 12.2 Å². The Morgan fingerprint density at radius 2 is 2.36 bits per heavy atom. The van der Waals surface area contributed by atoms with E-state index in [1.807, 2.05) is 0 Å². The summed E-state index contributed by atoms with van der Waals surface area (Å²) in [4.78, 5) is 11.0. The maximum Gasteiger partial charge on any atom is 0.333 e. The van der Waals surface area contributed by atoms with E-state index >= 15 is 0 Å². The first-order valence-corrected chi connectivity index (χ1v) is 5.05. The van der Waals surface area contributed by atoms with Gasteiger partial charge in [0.25, 0.3) is 0 Å². The summed E-state index contributed by atoms with van der Waals surface area (Å²) in [5.74, 6) is 0.174. The van der Waals surface area contributed by atoms with Crippen LogP contribution in [0.5, 0.6) is 0 Å². The molecule has 0 spiro atoms. The number of carbonyl (C=O) groups excluding carboxylic acids is 1. The van der Waals surface area contributed by atoms with Crippen LogP contribution in [0.2, 0.25) is 0 Å². The number of ether oxygens (including phenoxy) is 2. The summed E-state index contributed by atoms with van der Waals surface area (Å²) < 4.78 is 10.3. The number of rotatable bonds is 5. The molecule has 2 unspecified atom stereocenters. The van der Waals surface area contributed by atoms with Crippen molar-refractivity contribution in [3.05, 3.63) is 12.2 Å². The minimum absolute atomic E-state index is 0.299. The van der Waals surface area contributed by atoms with Crippen molar-refractivity contribution in [3.8, 4) is 0 Å². The molecule has 1 heterocycles. The summed E-state index contributed by atoms with van der Waals surface area (Å²) in [5.41, 5.74) is 0.456. The van der Waals surface area contributed by atoms with Gasteiger partial charge in [-0.3, -0.25) is 0 Å². The normalized spacial score (nSPS) is 22.3. The molecule has 1 saturated heterocycles. The zero-order valence-electron chi connectivity index (χ0n) is 8.91. The second-order valence-corrected chi connectivity index (χ2v) is 3.88. The quantitative estimate of drug-likeness (QED) is 0.500. The van der Waals surface area contributed by atoms with Gasteiger partial charge in [0.1, 0.15) is 0 Å². The molecule has 0 N–H and O–H groups in total. The van der Waals surface area contributed by atoms with Gasteiger partial charge in [-0.1, -0.05) is 13.5 Å². The summed E-state index contributed by atoms with van der Waals surface area (Å²) >= 11 is 0. The highest BCUT2D eigenvalue weighted by Crippen LogP contribution is 2.22. The molecule has 2 atom stereocenters. The molecule has 0 aliphatic carbocycles. The summed E-state index contributed by atoms with van der Waals surface area (Å²) in [6.07, 6.45) is 2.37.